The van der Waals surface area contributed by atoms with Crippen molar-refractivity contribution < 1.29 is 0 Å². The summed E-state index contributed by atoms with van der Waals surface area (Å²) >= 11 is 7.68. The second-order valence-corrected chi connectivity index (χ2v) is 9.53. The molecule has 31 heavy (non-hydrogen) atoms. The van der Waals surface area contributed by atoms with Gasteiger partial charge in [-0.3, -0.25) is 0 Å². The minimum absolute atomic E-state index is 0.320. The van der Waals surface area contributed by atoms with Crippen LogP contribution < -0.4 is 16.0 Å². The van der Waals surface area contributed by atoms with Gasteiger partial charge in [0.05, 0.1) is 17.4 Å². The molecule has 0 fully saturated rings. The molecule has 3 N–H and O–H groups in total. The van der Waals surface area contributed by atoms with E-state index in [1.54, 1.807) is 12.4 Å². The van der Waals surface area contributed by atoms with Crippen molar-refractivity contribution in [1.82, 2.24) is 20.3 Å². The van der Waals surface area contributed by atoms with Gasteiger partial charge in [-0.1, -0.05) is 61.5 Å². The Hall–Kier alpha value is -2.35. The lowest BCUT2D eigenvalue weighted by molar-refractivity contribution is 0.458. The van der Waals surface area contributed by atoms with Crippen molar-refractivity contribution in [1.29, 1.82) is 0 Å². The maximum atomic E-state index is 6.25. The van der Waals surface area contributed by atoms with Gasteiger partial charge >= 0.3 is 0 Å². The molecule has 0 unspecified atom stereocenters. The summed E-state index contributed by atoms with van der Waals surface area (Å²) in [4.78, 5) is 16.4. The van der Waals surface area contributed by atoms with Crippen molar-refractivity contribution in [3.63, 3.8) is 0 Å². The Morgan fingerprint density at radius 1 is 1.19 bits per heavy atom. The van der Waals surface area contributed by atoms with Gasteiger partial charge in [0.2, 0.25) is 0 Å². The first-order valence-corrected chi connectivity index (χ1v) is 11.7. The number of halogens is 1. The second kappa shape index (κ2) is 9.85. The fourth-order valence-corrected chi connectivity index (χ4v) is 4.67. The summed E-state index contributed by atoms with van der Waals surface area (Å²) in [7, 11) is 0. The molecule has 2 aromatic heterocycles. The maximum absolute atomic E-state index is 6.25. The van der Waals surface area contributed by atoms with E-state index in [0.717, 1.165) is 41.8 Å². The zero-order chi connectivity index (χ0) is 21.8. The molecule has 0 spiro atoms. The fraction of sp³-hybridized carbons (Fsp3) is 0.348. The minimum Gasteiger partial charge on any atom is -0.382 e. The number of pyridine rings is 1. The predicted molar refractivity (Wildman–Crippen MR) is 128 cm³/mol. The summed E-state index contributed by atoms with van der Waals surface area (Å²) in [5.41, 5.74) is 8.51. The topological polar surface area (TPSA) is 80.0 Å². The summed E-state index contributed by atoms with van der Waals surface area (Å²) in [6.07, 6.45) is 6.29. The average molecular weight is 455 g/mol. The third-order valence-electron chi connectivity index (χ3n) is 5.29. The van der Waals surface area contributed by atoms with Gasteiger partial charge in [0.15, 0.2) is 0 Å². The van der Waals surface area contributed by atoms with Crippen molar-refractivity contribution in [3.05, 3.63) is 65.1 Å². The van der Waals surface area contributed by atoms with Gasteiger partial charge in [-0.05, 0) is 36.1 Å². The molecule has 6 nitrogen and oxygen atoms in total. The van der Waals surface area contributed by atoms with Crippen molar-refractivity contribution in [2.24, 2.45) is 5.92 Å². The Bertz CT molecular complexity index is 1030. The summed E-state index contributed by atoms with van der Waals surface area (Å²) < 4.78 is 0. The van der Waals surface area contributed by atoms with Crippen LogP contribution in [0.1, 0.15) is 37.4 Å². The van der Waals surface area contributed by atoms with Crippen LogP contribution in [0, 0.1) is 5.92 Å². The van der Waals surface area contributed by atoms with Crippen molar-refractivity contribution in [3.8, 4) is 0 Å². The molecule has 8 heteroatoms. The Balaban J connectivity index is 1.50. The summed E-state index contributed by atoms with van der Waals surface area (Å²) in [6, 6.07) is 10.9. The van der Waals surface area contributed by atoms with Crippen molar-refractivity contribution in [2.45, 2.75) is 42.8 Å². The van der Waals surface area contributed by atoms with Gasteiger partial charge in [-0.2, -0.15) is 0 Å². The molecule has 3 aromatic rings. The molecule has 0 amide bonds. The van der Waals surface area contributed by atoms with E-state index in [-0.39, 0.29) is 0 Å². The first-order valence-electron chi connectivity index (χ1n) is 10.5. The van der Waals surface area contributed by atoms with E-state index in [9.17, 15) is 0 Å². The Kier molecular flexibility index (Phi) is 6.95. The van der Waals surface area contributed by atoms with E-state index >= 15 is 0 Å². The largest absolute Gasteiger partial charge is 0.382 e. The van der Waals surface area contributed by atoms with Gasteiger partial charge in [0, 0.05) is 30.2 Å². The van der Waals surface area contributed by atoms with E-state index < -0.39 is 0 Å². The van der Waals surface area contributed by atoms with Crippen LogP contribution in [-0.2, 0) is 6.54 Å². The molecule has 1 aliphatic rings. The van der Waals surface area contributed by atoms with Crippen molar-refractivity contribution >= 4 is 35.0 Å². The molecule has 4 rings (SSSR count). The zero-order valence-corrected chi connectivity index (χ0v) is 19.3. The van der Waals surface area contributed by atoms with E-state index in [1.807, 2.05) is 12.3 Å². The van der Waals surface area contributed by atoms with Crippen LogP contribution in [0.25, 0.3) is 0 Å². The average Bonchev–Trinajstić information content (AvgIpc) is 2.95. The number of anilines is 2. The summed E-state index contributed by atoms with van der Waals surface area (Å²) in [5.74, 6) is 1.82. The van der Waals surface area contributed by atoms with Crippen LogP contribution in [0.15, 0.2) is 58.8 Å². The highest BCUT2D eigenvalue weighted by Crippen LogP contribution is 2.35. The van der Waals surface area contributed by atoms with Crippen LogP contribution in [-0.4, -0.2) is 28.0 Å². The molecule has 0 radical (unpaired) electrons. The summed E-state index contributed by atoms with van der Waals surface area (Å²) in [5, 5.41) is 4.95. The lowest BCUT2D eigenvalue weighted by Gasteiger charge is -2.22. The highest BCUT2D eigenvalue weighted by molar-refractivity contribution is 7.99. The number of nitrogens with zero attached hydrogens (tertiary/aromatic N) is 4. The van der Waals surface area contributed by atoms with Crippen LogP contribution in [0.5, 0.6) is 0 Å². The molecule has 1 atom stereocenters. The SMILES string of the molecule is CC(C)CN[C@H]1CCN(c2cnc(Sc3ccnc(N)c3Cl)cn2)Cc2ccccc21. The molecular formula is C23H27ClN6S. The molecular weight excluding hydrogens is 428 g/mol. The number of nitrogens with two attached hydrogens (primary N) is 1. The van der Waals surface area contributed by atoms with Gasteiger partial charge in [0.25, 0.3) is 0 Å². The van der Waals surface area contributed by atoms with Crippen LogP contribution in [0.4, 0.5) is 11.6 Å². The summed E-state index contributed by atoms with van der Waals surface area (Å²) in [6.45, 7) is 7.23. The van der Waals surface area contributed by atoms with Crippen LogP contribution in [0.2, 0.25) is 5.02 Å². The number of benzene rings is 1. The first kappa shape index (κ1) is 21.9. The number of aromatic nitrogens is 3. The smallest absolute Gasteiger partial charge is 0.147 e. The third-order valence-corrected chi connectivity index (χ3v) is 6.78. The fourth-order valence-electron chi connectivity index (χ4n) is 3.69. The number of nitrogen functional groups attached to an aromatic ring is 1. The normalized spacial score (nSPS) is 16.3. The number of fused-ring (bicyclic) bond motifs is 1. The van der Waals surface area contributed by atoms with Crippen LogP contribution in [0.3, 0.4) is 0 Å². The standard InChI is InChI=1S/C23H27ClN6S/c1-15(2)11-27-18-8-10-30(14-16-5-3-4-6-17(16)18)20-12-29-21(13-28-20)31-19-7-9-26-23(25)22(19)24/h3-7,9,12-13,15,18,27H,8,10-11,14H2,1-2H3,(H2,25,26)/t18-/m0/s1. The van der Waals surface area contributed by atoms with Gasteiger partial charge in [-0.15, -0.1) is 0 Å². The molecule has 3 heterocycles. The highest BCUT2D eigenvalue weighted by Gasteiger charge is 2.23. The molecule has 0 bridgehead atoms. The van der Waals surface area contributed by atoms with Crippen molar-refractivity contribution in [2.75, 3.05) is 23.7 Å². The quantitative estimate of drug-likeness (QED) is 0.545. The second-order valence-electron chi connectivity index (χ2n) is 8.09. The van der Waals surface area contributed by atoms with Gasteiger partial charge < -0.3 is 16.0 Å². The van der Waals surface area contributed by atoms with E-state index in [2.05, 4.69) is 58.3 Å². The third kappa shape index (κ3) is 5.29. The molecule has 0 saturated carbocycles. The number of hydrogen-bond acceptors (Lipinski definition) is 7. The monoisotopic (exact) mass is 454 g/mol. The highest BCUT2D eigenvalue weighted by atomic mass is 35.5. The molecule has 1 aromatic carbocycles. The molecule has 0 saturated heterocycles. The Morgan fingerprint density at radius 3 is 2.81 bits per heavy atom. The zero-order valence-electron chi connectivity index (χ0n) is 17.8. The van der Waals surface area contributed by atoms with E-state index in [1.165, 1.54) is 22.9 Å². The lowest BCUT2D eigenvalue weighted by atomic mass is 9.99. The molecule has 1 aliphatic heterocycles. The minimum atomic E-state index is 0.320. The van der Waals surface area contributed by atoms with Gasteiger partial charge in [-0.25, -0.2) is 15.0 Å². The molecule has 162 valence electrons. The molecule has 0 aliphatic carbocycles. The first-order chi connectivity index (χ1) is 15.0. The number of nitrogens with one attached hydrogen (secondary N) is 1. The van der Waals surface area contributed by atoms with E-state index in [0.29, 0.717) is 22.8 Å². The van der Waals surface area contributed by atoms with E-state index in [4.69, 9.17) is 22.3 Å². The number of hydrogen-bond donors (Lipinski definition) is 2. The Labute approximate surface area is 192 Å². The maximum Gasteiger partial charge on any atom is 0.147 e. The lowest BCUT2D eigenvalue weighted by Crippen LogP contribution is -2.28. The van der Waals surface area contributed by atoms with Crippen LogP contribution >= 0.6 is 23.4 Å². The number of rotatable bonds is 6. The van der Waals surface area contributed by atoms with Gasteiger partial charge in [0.1, 0.15) is 16.7 Å². The Morgan fingerprint density at radius 2 is 2.03 bits per heavy atom. The predicted octanol–water partition coefficient (Wildman–Crippen LogP) is 4.96.